The monoisotopic (exact) mass is 292 g/mol. The molecule has 0 radical (unpaired) electrons. The van der Waals surface area contributed by atoms with Crippen molar-refractivity contribution in [3.05, 3.63) is 35.9 Å². The van der Waals surface area contributed by atoms with Crippen molar-refractivity contribution < 1.29 is 14.7 Å². The van der Waals surface area contributed by atoms with Crippen molar-refractivity contribution in [2.24, 2.45) is 0 Å². The maximum atomic E-state index is 11.8. The minimum absolute atomic E-state index is 0.0340. The van der Waals surface area contributed by atoms with Gasteiger partial charge in [0.2, 0.25) is 0 Å². The Morgan fingerprint density at radius 2 is 1.71 bits per heavy atom. The number of amides is 2. The Hall–Kier alpha value is -2.04. The smallest absolute Gasteiger partial charge is 0.315 e. The summed E-state index contributed by atoms with van der Waals surface area (Å²) in [5.74, 6) is -0.803. The zero-order valence-electron chi connectivity index (χ0n) is 12.6. The second kappa shape index (κ2) is 9.00. The summed E-state index contributed by atoms with van der Waals surface area (Å²) in [5, 5.41) is 14.3. The highest BCUT2D eigenvalue weighted by atomic mass is 16.4. The highest BCUT2D eigenvalue weighted by molar-refractivity contribution is 5.74. The molecule has 0 saturated heterocycles. The standard InChI is InChI=1S/C16H24N2O3/c1-12(7-6-10-15(19)20)17-16(21)18-13(2)11-14-8-4-3-5-9-14/h3-5,8-9,12-13H,6-7,10-11H2,1-2H3,(H,19,20)(H2,17,18,21). The first-order valence-electron chi connectivity index (χ1n) is 7.30. The molecule has 2 unspecified atom stereocenters. The van der Waals surface area contributed by atoms with Gasteiger partial charge in [-0.15, -0.1) is 0 Å². The van der Waals surface area contributed by atoms with E-state index >= 15 is 0 Å². The number of hydrogen-bond donors (Lipinski definition) is 3. The summed E-state index contributed by atoms with van der Waals surface area (Å²) in [5.41, 5.74) is 1.18. The molecule has 116 valence electrons. The van der Waals surface area contributed by atoms with E-state index in [1.54, 1.807) is 0 Å². The molecule has 0 aliphatic heterocycles. The number of rotatable bonds is 8. The minimum atomic E-state index is -0.803. The largest absolute Gasteiger partial charge is 0.481 e. The fourth-order valence-electron chi connectivity index (χ4n) is 2.14. The zero-order chi connectivity index (χ0) is 15.7. The normalized spacial score (nSPS) is 13.2. The summed E-state index contributed by atoms with van der Waals surface area (Å²) in [6.07, 6.45) is 2.14. The summed E-state index contributed by atoms with van der Waals surface area (Å²) in [6.45, 7) is 3.84. The molecule has 0 saturated carbocycles. The molecule has 1 aromatic rings. The first-order chi connectivity index (χ1) is 9.97. The predicted octanol–water partition coefficient (Wildman–Crippen LogP) is 2.56. The molecule has 0 bridgehead atoms. The summed E-state index contributed by atoms with van der Waals surface area (Å²) in [6, 6.07) is 9.79. The number of carboxylic acids is 1. The van der Waals surface area contributed by atoms with Gasteiger partial charge < -0.3 is 15.7 Å². The Bertz CT molecular complexity index is 448. The highest BCUT2D eigenvalue weighted by Gasteiger charge is 2.11. The van der Waals surface area contributed by atoms with E-state index in [0.29, 0.717) is 12.8 Å². The maximum Gasteiger partial charge on any atom is 0.315 e. The van der Waals surface area contributed by atoms with Crippen LogP contribution in [0.3, 0.4) is 0 Å². The number of nitrogens with one attached hydrogen (secondary N) is 2. The number of carbonyl (C=O) groups excluding carboxylic acids is 1. The number of carboxylic acid groups (broad SMARTS) is 1. The van der Waals surface area contributed by atoms with Crippen LogP contribution in [0.5, 0.6) is 0 Å². The SMILES string of the molecule is CC(CCCC(=O)O)NC(=O)NC(C)Cc1ccccc1. The van der Waals surface area contributed by atoms with Gasteiger partial charge in [0, 0.05) is 18.5 Å². The molecule has 0 spiro atoms. The minimum Gasteiger partial charge on any atom is -0.481 e. The van der Waals surface area contributed by atoms with E-state index < -0.39 is 5.97 Å². The van der Waals surface area contributed by atoms with Gasteiger partial charge in [0.15, 0.2) is 0 Å². The topological polar surface area (TPSA) is 78.4 Å². The van der Waals surface area contributed by atoms with Crippen molar-refractivity contribution >= 4 is 12.0 Å². The molecule has 5 nitrogen and oxygen atoms in total. The van der Waals surface area contributed by atoms with Gasteiger partial charge in [0.05, 0.1) is 0 Å². The first kappa shape index (κ1) is 17.0. The number of hydrogen-bond acceptors (Lipinski definition) is 2. The van der Waals surface area contributed by atoms with Crippen LogP contribution in [0.25, 0.3) is 0 Å². The summed E-state index contributed by atoms with van der Waals surface area (Å²) < 4.78 is 0. The van der Waals surface area contributed by atoms with Crippen molar-refractivity contribution in [2.75, 3.05) is 0 Å². The lowest BCUT2D eigenvalue weighted by atomic mass is 10.1. The lowest BCUT2D eigenvalue weighted by molar-refractivity contribution is -0.137. The van der Waals surface area contributed by atoms with Crippen LogP contribution in [-0.2, 0) is 11.2 Å². The van der Waals surface area contributed by atoms with Gasteiger partial charge in [-0.05, 0) is 38.7 Å². The Labute approximate surface area is 125 Å². The molecule has 0 aliphatic carbocycles. The molecule has 0 fully saturated rings. The maximum absolute atomic E-state index is 11.8. The molecule has 2 atom stereocenters. The Balaban J connectivity index is 2.24. The van der Waals surface area contributed by atoms with Crippen molar-refractivity contribution in [1.82, 2.24) is 10.6 Å². The van der Waals surface area contributed by atoms with Crippen LogP contribution in [0.15, 0.2) is 30.3 Å². The molecule has 2 amide bonds. The van der Waals surface area contributed by atoms with Crippen molar-refractivity contribution in [3.8, 4) is 0 Å². The number of carbonyl (C=O) groups is 2. The third kappa shape index (κ3) is 7.97. The molecule has 1 aromatic carbocycles. The van der Waals surface area contributed by atoms with Gasteiger partial charge in [0.1, 0.15) is 0 Å². The van der Waals surface area contributed by atoms with Gasteiger partial charge in [-0.25, -0.2) is 4.79 Å². The fourth-order valence-corrected chi connectivity index (χ4v) is 2.14. The summed E-state index contributed by atoms with van der Waals surface area (Å²) in [7, 11) is 0. The molecule has 0 aromatic heterocycles. The Kier molecular flexibility index (Phi) is 7.29. The van der Waals surface area contributed by atoms with Gasteiger partial charge in [-0.3, -0.25) is 4.79 Å². The van der Waals surface area contributed by atoms with Crippen LogP contribution in [0.1, 0.15) is 38.7 Å². The first-order valence-corrected chi connectivity index (χ1v) is 7.30. The Morgan fingerprint density at radius 3 is 2.33 bits per heavy atom. The van der Waals surface area contributed by atoms with E-state index in [-0.39, 0.29) is 24.5 Å². The summed E-state index contributed by atoms with van der Waals surface area (Å²) in [4.78, 5) is 22.2. The lowest BCUT2D eigenvalue weighted by Gasteiger charge is -2.18. The van der Waals surface area contributed by atoms with Gasteiger partial charge in [0.25, 0.3) is 0 Å². The van der Waals surface area contributed by atoms with Crippen molar-refractivity contribution in [3.63, 3.8) is 0 Å². The number of benzene rings is 1. The molecular weight excluding hydrogens is 268 g/mol. The molecule has 1 rings (SSSR count). The van der Waals surface area contributed by atoms with Crippen LogP contribution >= 0.6 is 0 Å². The molecule has 21 heavy (non-hydrogen) atoms. The van der Waals surface area contributed by atoms with Crippen LogP contribution in [-0.4, -0.2) is 29.2 Å². The van der Waals surface area contributed by atoms with Gasteiger partial charge >= 0.3 is 12.0 Å². The molecular formula is C16H24N2O3. The average Bonchev–Trinajstić information content (AvgIpc) is 2.38. The molecule has 3 N–H and O–H groups in total. The van der Waals surface area contributed by atoms with E-state index in [4.69, 9.17) is 5.11 Å². The van der Waals surface area contributed by atoms with Crippen molar-refractivity contribution in [2.45, 2.75) is 51.6 Å². The van der Waals surface area contributed by atoms with Crippen LogP contribution in [0, 0.1) is 0 Å². The zero-order valence-corrected chi connectivity index (χ0v) is 12.6. The van der Waals surface area contributed by atoms with E-state index in [1.165, 1.54) is 5.56 Å². The van der Waals surface area contributed by atoms with Crippen LogP contribution in [0.2, 0.25) is 0 Å². The van der Waals surface area contributed by atoms with Crippen molar-refractivity contribution in [1.29, 1.82) is 0 Å². The highest BCUT2D eigenvalue weighted by Crippen LogP contribution is 2.03. The third-order valence-corrected chi connectivity index (χ3v) is 3.17. The molecule has 0 heterocycles. The predicted molar refractivity (Wildman–Crippen MR) is 82.2 cm³/mol. The average molecular weight is 292 g/mol. The lowest BCUT2D eigenvalue weighted by Crippen LogP contribution is -2.45. The van der Waals surface area contributed by atoms with Gasteiger partial charge in [-0.2, -0.15) is 0 Å². The number of aliphatic carboxylic acids is 1. The van der Waals surface area contributed by atoms with Gasteiger partial charge in [-0.1, -0.05) is 30.3 Å². The molecule has 0 aliphatic rings. The second-order valence-corrected chi connectivity index (χ2v) is 5.40. The van der Waals surface area contributed by atoms with E-state index in [1.807, 2.05) is 44.2 Å². The van der Waals surface area contributed by atoms with E-state index in [2.05, 4.69) is 10.6 Å². The fraction of sp³-hybridized carbons (Fsp3) is 0.500. The number of urea groups is 1. The van der Waals surface area contributed by atoms with E-state index in [0.717, 1.165) is 6.42 Å². The van der Waals surface area contributed by atoms with E-state index in [9.17, 15) is 9.59 Å². The van der Waals surface area contributed by atoms with Crippen LogP contribution < -0.4 is 10.6 Å². The third-order valence-electron chi connectivity index (χ3n) is 3.17. The quantitative estimate of drug-likeness (QED) is 0.689. The summed E-state index contributed by atoms with van der Waals surface area (Å²) >= 11 is 0. The van der Waals surface area contributed by atoms with Crippen LogP contribution in [0.4, 0.5) is 4.79 Å². The second-order valence-electron chi connectivity index (χ2n) is 5.40. The Morgan fingerprint density at radius 1 is 1.10 bits per heavy atom. The molecule has 5 heteroatoms.